The summed E-state index contributed by atoms with van der Waals surface area (Å²) in [5.74, 6) is -2.37. The molecule has 0 unspecified atom stereocenters. The summed E-state index contributed by atoms with van der Waals surface area (Å²) in [6, 6.07) is 2.92. The zero-order valence-corrected chi connectivity index (χ0v) is 12.7. The molecule has 1 aromatic rings. The highest BCUT2D eigenvalue weighted by Gasteiger charge is 2.17. The van der Waals surface area contributed by atoms with Gasteiger partial charge in [-0.3, -0.25) is 19.7 Å². The first-order valence-electron chi connectivity index (χ1n) is 6.81. The number of rotatable bonds is 7. The number of carbonyl (C=O) groups excluding carboxylic acids is 2. The van der Waals surface area contributed by atoms with Gasteiger partial charge in [-0.2, -0.15) is 0 Å². The van der Waals surface area contributed by atoms with Crippen LogP contribution in [0.3, 0.4) is 0 Å². The summed E-state index contributed by atoms with van der Waals surface area (Å²) in [5.41, 5.74) is -0.965. The molecule has 0 radical (unpaired) electrons. The van der Waals surface area contributed by atoms with Crippen LogP contribution in [0, 0.1) is 16.0 Å². The molecule has 0 aliphatic heterocycles. The van der Waals surface area contributed by atoms with Crippen molar-refractivity contribution in [2.24, 2.45) is 5.92 Å². The van der Waals surface area contributed by atoms with Crippen LogP contribution in [0.15, 0.2) is 18.2 Å². The van der Waals surface area contributed by atoms with Gasteiger partial charge in [0.1, 0.15) is 0 Å². The summed E-state index contributed by atoms with van der Waals surface area (Å²) >= 11 is 0. The molecule has 0 saturated carbocycles. The van der Waals surface area contributed by atoms with E-state index in [0.717, 1.165) is 18.2 Å². The molecule has 9 nitrogen and oxygen atoms in total. The van der Waals surface area contributed by atoms with Crippen molar-refractivity contribution in [3.8, 4) is 0 Å². The Morgan fingerprint density at radius 2 is 1.70 bits per heavy atom. The third-order valence-electron chi connectivity index (χ3n) is 2.87. The van der Waals surface area contributed by atoms with E-state index < -0.39 is 22.5 Å². The van der Waals surface area contributed by atoms with Crippen LogP contribution in [0.4, 0.5) is 5.69 Å². The molecule has 0 fully saturated rings. The van der Waals surface area contributed by atoms with Crippen molar-refractivity contribution in [2.45, 2.75) is 13.8 Å². The first-order chi connectivity index (χ1) is 10.7. The fourth-order valence-corrected chi connectivity index (χ4v) is 1.64. The number of benzene rings is 1. The fourth-order valence-electron chi connectivity index (χ4n) is 1.64. The molecule has 1 aromatic carbocycles. The second-order valence-electron chi connectivity index (χ2n) is 5.03. The number of carbonyl (C=O) groups is 3. The van der Waals surface area contributed by atoms with Gasteiger partial charge in [0.15, 0.2) is 0 Å². The average molecular weight is 323 g/mol. The second-order valence-corrected chi connectivity index (χ2v) is 5.03. The molecule has 2 amide bonds. The first kappa shape index (κ1) is 18.1. The average Bonchev–Trinajstić information content (AvgIpc) is 2.50. The van der Waals surface area contributed by atoms with Gasteiger partial charge in [-0.1, -0.05) is 13.8 Å². The summed E-state index contributed by atoms with van der Waals surface area (Å²) < 4.78 is 0. The maximum atomic E-state index is 11.9. The van der Waals surface area contributed by atoms with E-state index in [1.165, 1.54) is 0 Å². The van der Waals surface area contributed by atoms with Crippen LogP contribution >= 0.6 is 0 Å². The van der Waals surface area contributed by atoms with E-state index in [4.69, 9.17) is 5.11 Å². The number of nitro groups is 1. The Morgan fingerprint density at radius 3 is 2.22 bits per heavy atom. The summed E-state index contributed by atoms with van der Waals surface area (Å²) in [4.78, 5) is 44.2. The Morgan fingerprint density at radius 1 is 1.13 bits per heavy atom. The highest BCUT2D eigenvalue weighted by molar-refractivity contribution is 5.98. The molecule has 0 atom stereocenters. The van der Waals surface area contributed by atoms with Crippen LogP contribution in [-0.2, 0) is 4.79 Å². The number of hydrogen-bond donors (Lipinski definition) is 3. The molecule has 0 aliphatic carbocycles. The molecule has 1 rings (SSSR count). The highest BCUT2D eigenvalue weighted by atomic mass is 16.6. The standard InChI is InChI=1S/C14H17N3O6/c1-8(2)12(18)15-3-4-16-13(19)9-5-10(14(20)21)7-11(6-9)17(22)23/h5-8H,3-4H2,1-2H3,(H,15,18)(H,16,19)(H,20,21). The number of aromatic carboxylic acids is 1. The minimum atomic E-state index is -1.37. The van der Waals surface area contributed by atoms with Crippen molar-refractivity contribution in [3.05, 3.63) is 39.4 Å². The molecule has 0 aliphatic rings. The number of nitro benzene ring substituents is 1. The molecule has 124 valence electrons. The van der Waals surface area contributed by atoms with Crippen molar-refractivity contribution in [1.29, 1.82) is 0 Å². The summed E-state index contributed by atoms with van der Waals surface area (Å²) in [6.45, 7) is 3.76. The Hall–Kier alpha value is -2.97. The van der Waals surface area contributed by atoms with Gasteiger partial charge in [0, 0.05) is 36.7 Å². The molecule has 0 saturated heterocycles. The van der Waals surface area contributed by atoms with Gasteiger partial charge in [-0.15, -0.1) is 0 Å². The van der Waals surface area contributed by atoms with Gasteiger partial charge in [0.25, 0.3) is 11.6 Å². The number of hydrogen-bond acceptors (Lipinski definition) is 5. The maximum absolute atomic E-state index is 11.9. The summed E-state index contributed by atoms with van der Waals surface area (Å²) in [6.07, 6.45) is 0. The van der Waals surface area contributed by atoms with Crippen LogP contribution < -0.4 is 10.6 Å². The maximum Gasteiger partial charge on any atom is 0.335 e. The third kappa shape index (κ3) is 5.38. The molecule has 0 heterocycles. The molecular formula is C14H17N3O6. The summed E-state index contributed by atoms with van der Waals surface area (Å²) in [7, 11) is 0. The van der Waals surface area contributed by atoms with E-state index in [0.29, 0.717) is 0 Å². The lowest BCUT2D eigenvalue weighted by atomic mass is 10.1. The molecule has 0 bridgehead atoms. The van der Waals surface area contributed by atoms with Crippen LogP contribution in [-0.4, -0.2) is 40.9 Å². The SMILES string of the molecule is CC(C)C(=O)NCCNC(=O)c1cc(C(=O)O)cc([N+](=O)[O-])c1. The molecule has 0 spiro atoms. The van der Waals surface area contributed by atoms with Gasteiger partial charge in [-0.05, 0) is 6.07 Å². The van der Waals surface area contributed by atoms with E-state index in [2.05, 4.69) is 10.6 Å². The van der Waals surface area contributed by atoms with E-state index >= 15 is 0 Å². The van der Waals surface area contributed by atoms with Crippen molar-refractivity contribution < 1.29 is 24.4 Å². The van der Waals surface area contributed by atoms with Gasteiger partial charge in [0.05, 0.1) is 10.5 Å². The number of non-ortho nitro benzene ring substituents is 1. The van der Waals surface area contributed by atoms with E-state index in [1.807, 2.05) is 0 Å². The lowest BCUT2D eigenvalue weighted by molar-refractivity contribution is -0.384. The minimum Gasteiger partial charge on any atom is -0.478 e. The van der Waals surface area contributed by atoms with Gasteiger partial charge in [0.2, 0.25) is 5.91 Å². The van der Waals surface area contributed by atoms with Gasteiger partial charge >= 0.3 is 5.97 Å². The normalized spacial score (nSPS) is 10.2. The van der Waals surface area contributed by atoms with Crippen molar-refractivity contribution in [3.63, 3.8) is 0 Å². The van der Waals surface area contributed by atoms with Gasteiger partial charge < -0.3 is 15.7 Å². The predicted molar refractivity (Wildman–Crippen MR) is 80.2 cm³/mol. The lowest BCUT2D eigenvalue weighted by Gasteiger charge is -2.09. The first-order valence-corrected chi connectivity index (χ1v) is 6.81. The second kappa shape index (κ2) is 7.87. The quantitative estimate of drug-likeness (QED) is 0.385. The number of nitrogens with zero attached hydrogens (tertiary/aromatic N) is 1. The molecule has 23 heavy (non-hydrogen) atoms. The molecule has 3 N–H and O–H groups in total. The zero-order valence-electron chi connectivity index (χ0n) is 12.7. The smallest absolute Gasteiger partial charge is 0.335 e. The summed E-state index contributed by atoms with van der Waals surface area (Å²) in [5, 5.41) is 24.8. The lowest BCUT2D eigenvalue weighted by Crippen LogP contribution is -2.36. The van der Waals surface area contributed by atoms with Crippen molar-refractivity contribution >= 4 is 23.5 Å². The zero-order chi connectivity index (χ0) is 17.6. The van der Waals surface area contributed by atoms with E-state index in [1.54, 1.807) is 13.8 Å². The highest BCUT2D eigenvalue weighted by Crippen LogP contribution is 2.17. The molecular weight excluding hydrogens is 306 g/mol. The Kier molecular flexibility index (Phi) is 6.19. The molecule has 9 heteroatoms. The van der Waals surface area contributed by atoms with E-state index in [9.17, 15) is 24.5 Å². The van der Waals surface area contributed by atoms with Crippen molar-refractivity contribution in [2.75, 3.05) is 13.1 Å². The monoisotopic (exact) mass is 323 g/mol. The minimum absolute atomic E-state index is 0.113. The molecule has 0 aromatic heterocycles. The topological polar surface area (TPSA) is 139 Å². The van der Waals surface area contributed by atoms with Crippen LogP contribution in [0.2, 0.25) is 0 Å². The Labute approximate surface area is 131 Å². The predicted octanol–water partition coefficient (Wildman–Crippen LogP) is 0.795. The number of nitrogens with one attached hydrogen (secondary N) is 2. The fraction of sp³-hybridized carbons (Fsp3) is 0.357. The van der Waals surface area contributed by atoms with Gasteiger partial charge in [-0.25, -0.2) is 4.79 Å². The van der Waals surface area contributed by atoms with Crippen LogP contribution in [0.1, 0.15) is 34.6 Å². The van der Waals surface area contributed by atoms with Crippen LogP contribution in [0.5, 0.6) is 0 Å². The number of carboxylic acid groups (broad SMARTS) is 1. The Balaban J connectivity index is 2.74. The van der Waals surface area contributed by atoms with Crippen molar-refractivity contribution in [1.82, 2.24) is 10.6 Å². The Bertz CT molecular complexity index is 609. The third-order valence-corrected chi connectivity index (χ3v) is 2.87. The number of amides is 2. The largest absolute Gasteiger partial charge is 0.478 e. The van der Waals surface area contributed by atoms with Crippen LogP contribution in [0.25, 0.3) is 0 Å². The number of carboxylic acids is 1. The van der Waals surface area contributed by atoms with E-state index in [-0.39, 0.29) is 36.0 Å².